The fourth-order valence-corrected chi connectivity index (χ4v) is 4.32. The summed E-state index contributed by atoms with van der Waals surface area (Å²) in [4.78, 5) is 42.6. The van der Waals surface area contributed by atoms with Gasteiger partial charge in [0, 0.05) is 12.6 Å². The molecule has 152 valence electrons. The number of nitrogens with two attached hydrogens (primary N) is 1. The van der Waals surface area contributed by atoms with Crippen molar-refractivity contribution in [1.82, 2.24) is 9.88 Å². The van der Waals surface area contributed by atoms with Crippen LogP contribution in [0.1, 0.15) is 61.7 Å². The zero-order chi connectivity index (χ0) is 20.1. The number of pyridine rings is 1. The van der Waals surface area contributed by atoms with E-state index >= 15 is 0 Å². The molecule has 1 aliphatic heterocycles. The number of aromatic nitrogens is 1. The molecule has 1 atom stereocenters. The Labute approximate surface area is 164 Å². The minimum atomic E-state index is -0.723. The summed E-state index contributed by atoms with van der Waals surface area (Å²) in [6, 6.07) is 1.50. The molecule has 0 radical (unpaired) electrons. The number of piperidine rings is 1. The Kier molecular flexibility index (Phi) is 6.49. The van der Waals surface area contributed by atoms with E-state index in [0.717, 1.165) is 25.7 Å². The van der Waals surface area contributed by atoms with Crippen LogP contribution in [0.2, 0.25) is 0 Å². The third kappa shape index (κ3) is 4.61. The number of nitrogens with zero attached hydrogens (tertiary/aromatic N) is 2. The second-order valence-electron chi connectivity index (χ2n) is 7.63. The maximum absolute atomic E-state index is 12.8. The predicted molar refractivity (Wildman–Crippen MR) is 104 cm³/mol. The number of ether oxygens (including phenoxy) is 1. The van der Waals surface area contributed by atoms with Gasteiger partial charge in [-0.15, -0.1) is 0 Å². The zero-order valence-corrected chi connectivity index (χ0v) is 16.3. The minimum Gasteiger partial charge on any atom is -0.480 e. The molecule has 0 bridgehead atoms. The normalized spacial score (nSPS) is 20.0. The van der Waals surface area contributed by atoms with E-state index in [0.29, 0.717) is 12.5 Å². The van der Waals surface area contributed by atoms with Crippen molar-refractivity contribution in [3.05, 3.63) is 17.8 Å². The summed E-state index contributed by atoms with van der Waals surface area (Å²) in [7, 11) is 1.37. The second-order valence-corrected chi connectivity index (χ2v) is 7.63. The van der Waals surface area contributed by atoms with E-state index in [1.165, 1.54) is 45.1 Å². The molecule has 1 unspecified atom stereocenters. The lowest BCUT2D eigenvalue weighted by Crippen LogP contribution is -2.49. The minimum absolute atomic E-state index is 0.0461. The molecule has 1 saturated heterocycles. The maximum Gasteiger partial charge on any atom is 0.313 e. The molecule has 28 heavy (non-hydrogen) atoms. The van der Waals surface area contributed by atoms with Gasteiger partial charge in [-0.25, -0.2) is 4.98 Å². The molecule has 2 heterocycles. The van der Waals surface area contributed by atoms with E-state index in [9.17, 15) is 14.4 Å². The van der Waals surface area contributed by atoms with Gasteiger partial charge < -0.3 is 20.7 Å². The largest absolute Gasteiger partial charge is 0.480 e. The molecule has 1 aromatic heterocycles. The van der Waals surface area contributed by atoms with E-state index in [1.54, 1.807) is 4.90 Å². The summed E-state index contributed by atoms with van der Waals surface area (Å²) in [5.74, 6) is -1.24. The van der Waals surface area contributed by atoms with Crippen LogP contribution >= 0.6 is 0 Å². The summed E-state index contributed by atoms with van der Waals surface area (Å²) in [6.45, 7) is 0.608. The van der Waals surface area contributed by atoms with E-state index in [2.05, 4.69) is 10.3 Å². The summed E-state index contributed by atoms with van der Waals surface area (Å²) in [6.07, 6.45) is 10.2. The number of anilines is 1. The van der Waals surface area contributed by atoms with Crippen molar-refractivity contribution in [2.24, 2.45) is 11.7 Å². The van der Waals surface area contributed by atoms with Gasteiger partial charge in [0.15, 0.2) is 0 Å². The Bertz CT molecular complexity index is 746. The van der Waals surface area contributed by atoms with Crippen LogP contribution in [0.3, 0.4) is 0 Å². The van der Waals surface area contributed by atoms with Crippen LogP contribution in [0.5, 0.6) is 5.88 Å². The predicted octanol–water partition coefficient (Wildman–Crippen LogP) is 2.09. The molecule has 1 aromatic rings. The lowest BCUT2D eigenvalue weighted by molar-refractivity contribution is -0.146. The second kappa shape index (κ2) is 9.03. The first-order chi connectivity index (χ1) is 13.5. The van der Waals surface area contributed by atoms with Gasteiger partial charge in [-0.1, -0.05) is 25.7 Å². The fraction of sp³-hybridized carbons (Fsp3) is 0.600. The van der Waals surface area contributed by atoms with E-state index in [-0.39, 0.29) is 23.2 Å². The quantitative estimate of drug-likeness (QED) is 0.750. The van der Waals surface area contributed by atoms with Gasteiger partial charge >= 0.3 is 11.8 Å². The van der Waals surface area contributed by atoms with Crippen LogP contribution in [0.25, 0.3) is 0 Å². The molecule has 1 saturated carbocycles. The van der Waals surface area contributed by atoms with E-state index in [4.69, 9.17) is 10.5 Å². The lowest BCUT2D eigenvalue weighted by Gasteiger charge is -2.36. The monoisotopic (exact) mass is 388 g/mol. The van der Waals surface area contributed by atoms with Crippen LogP contribution < -0.4 is 15.8 Å². The fourth-order valence-electron chi connectivity index (χ4n) is 4.32. The Morgan fingerprint density at radius 2 is 1.93 bits per heavy atom. The average Bonchev–Trinajstić information content (AvgIpc) is 3.20. The molecule has 8 heteroatoms. The number of likely N-dealkylation sites (tertiary alicyclic amines) is 1. The van der Waals surface area contributed by atoms with Crippen molar-refractivity contribution in [3.8, 4) is 5.88 Å². The summed E-state index contributed by atoms with van der Waals surface area (Å²) >= 11 is 0. The molecular formula is C20H28N4O4. The van der Waals surface area contributed by atoms with Gasteiger partial charge in [-0.05, 0) is 37.7 Å². The van der Waals surface area contributed by atoms with Crippen molar-refractivity contribution >= 4 is 23.4 Å². The Balaban J connectivity index is 1.68. The van der Waals surface area contributed by atoms with Crippen molar-refractivity contribution < 1.29 is 19.1 Å². The van der Waals surface area contributed by atoms with Crippen molar-refractivity contribution in [1.29, 1.82) is 0 Å². The van der Waals surface area contributed by atoms with Crippen LogP contribution in [0.15, 0.2) is 12.3 Å². The Hall–Kier alpha value is -2.64. The highest BCUT2D eigenvalue weighted by Gasteiger charge is 2.33. The molecule has 2 fully saturated rings. The number of amides is 3. The maximum atomic E-state index is 12.8. The van der Waals surface area contributed by atoms with Crippen LogP contribution in [-0.4, -0.2) is 47.3 Å². The molecule has 0 spiro atoms. The molecule has 2 aliphatic rings. The molecule has 3 amide bonds. The van der Waals surface area contributed by atoms with E-state index in [1.807, 2.05) is 0 Å². The van der Waals surface area contributed by atoms with Gasteiger partial charge in [-0.3, -0.25) is 14.4 Å². The average molecular weight is 388 g/mol. The van der Waals surface area contributed by atoms with Crippen molar-refractivity contribution in [2.45, 2.75) is 57.4 Å². The molecule has 1 aliphatic carbocycles. The number of primary amides is 1. The summed E-state index contributed by atoms with van der Waals surface area (Å²) < 4.78 is 4.99. The third-order valence-electron chi connectivity index (χ3n) is 5.73. The van der Waals surface area contributed by atoms with Gasteiger partial charge in [0.1, 0.15) is 5.56 Å². The van der Waals surface area contributed by atoms with Crippen LogP contribution in [0, 0.1) is 5.92 Å². The number of methoxy groups -OCH3 is 1. The zero-order valence-electron chi connectivity index (χ0n) is 16.3. The first kappa shape index (κ1) is 20.1. The van der Waals surface area contributed by atoms with E-state index < -0.39 is 17.7 Å². The highest BCUT2D eigenvalue weighted by atomic mass is 16.5. The smallest absolute Gasteiger partial charge is 0.313 e. The van der Waals surface area contributed by atoms with Crippen LogP contribution in [0.4, 0.5) is 5.69 Å². The number of carbonyl (C=O) groups is 3. The topological polar surface area (TPSA) is 115 Å². The van der Waals surface area contributed by atoms with Gasteiger partial charge in [0.25, 0.3) is 5.91 Å². The van der Waals surface area contributed by atoms with Crippen molar-refractivity contribution in [2.75, 3.05) is 19.0 Å². The number of carbonyl (C=O) groups excluding carboxylic acids is 3. The first-order valence-corrected chi connectivity index (χ1v) is 9.95. The highest BCUT2D eigenvalue weighted by molar-refractivity contribution is 6.39. The number of hydrogen-bond acceptors (Lipinski definition) is 5. The van der Waals surface area contributed by atoms with Crippen LogP contribution in [-0.2, 0) is 9.59 Å². The molecule has 3 N–H and O–H groups in total. The standard InChI is InChI=1S/C20H28N4O4/c1-28-19-16(17(21)25)11-14(12-22-19)23-18(26)20(27)24-9-5-4-8-15(24)10-13-6-2-3-7-13/h11-13,15H,2-10H2,1H3,(H2,21,25)(H,23,26). The number of hydrogen-bond donors (Lipinski definition) is 2. The lowest BCUT2D eigenvalue weighted by atomic mass is 9.91. The molecule has 3 rings (SSSR count). The SMILES string of the molecule is COc1ncc(NC(=O)C(=O)N2CCCCC2CC2CCCC2)cc1C(N)=O. The molecule has 8 nitrogen and oxygen atoms in total. The first-order valence-electron chi connectivity index (χ1n) is 9.95. The van der Waals surface area contributed by atoms with Gasteiger partial charge in [-0.2, -0.15) is 0 Å². The summed E-state index contributed by atoms with van der Waals surface area (Å²) in [5.41, 5.74) is 5.60. The Morgan fingerprint density at radius 1 is 1.21 bits per heavy atom. The summed E-state index contributed by atoms with van der Waals surface area (Å²) in [5, 5.41) is 2.54. The van der Waals surface area contributed by atoms with Crippen molar-refractivity contribution in [3.63, 3.8) is 0 Å². The third-order valence-corrected chi connectivity index (χ3v) is 5.73. The Morgan fingerprint density at radius 3 is 2.61 bits per heavy atom. The molecule has 0 aromatic carbocycles. The molecular weight excluding hydrogens is 360 g/mol. The highest BCUT2D eigenvalue weighted by Crippen LogP contribution is 2.32. The number of nitrogens with one attached hydrogen (secondary N) is 1. The van der Waals surface area contributed by atoms with Gasteiger partial charge in [0.05, 0.1) is 19.0 Å². The number of rotatable bonds is 5. The van der Waals surface area contributed by atoms with Gasteiger partial charge in [0.2, 0.25) is 5.88 Å².